The van der Waals surface area contributed by atoms with Crippen LogP contribution in [0.1, 0.15) is 29.8 Å². The Kier molecular flexibility index (Phi) is 5.75. The van der Waals surface area contributed by atoms with E-state index in [1.165, 1.54) is 16.4 Å². The molecule has 0 bridgehead atoms. The Morgan fingerprint density at radius 2 is 1.67 bits per heavy atom. The summed E-state index contributed by atoms with van der Waals surface area (Å²) in [5.74, 6) is -0.158. The zero-order valence-corrected chi connectivity index (χ0v) is 14.8. The maximum Gasteiger partial charge on any atom is 0.343 e. The minimum Gasteiger partial charge on any atom is -0.423 e. The first-order chi connectivity index (χ1) is 11.4. The van der Waals surface area contributed by atoms with Crippen LogP contribution in [0.15, 0.2) is 53.4 Å². The van der Waals surface area contributed by atoms with Crippen LogP contribution >= 0.6 is 0 Å². The zero-order valence-electron chi connectivity index (χ0n) is 14.0. The Morgan fingerprint density at radius 1 is 1.04 bits per heavy atom. The molecule has 0 fully saturated rings. The van der Waals surface area contributed by atoms with E-state index < -0.39 is 16.0 Å². The van der Waals surface area contributed by atoms with Crippen LogP contribution in [0.4, 0.5) is 0 Å². The highest BCUT2D eigenvalue weighted by atomic mass is 32.2. The highest BCUT2D eigenvalue weighted by molar-refractivity contribution is 7.89. The zero-order chi connectivity index (χ0) is 17.7. The van der Waals surface area contributed by atoms with Crippen LogP contribution in [0.5, 0.6) is 5.75 Å². The van der Waals surface area contributed by atoms with Crippen LogP contribution in [-0.4, -0.2) is 31.8 Å². The van der Waals surface area contributed by atoms with Crippen LogP contribution in [0, 0.1) is 6.92 Å². The summed E-state index contributed by atoms with van der Waals surface area (Å²) in [4.78, 5) is 12.5. The molecule has 0 aliphatic heterocycles. The van der Waals surface area contributed by atoms with Crippen molar-refractivity contribution in [3.05, 3.63) is 59.7 Å². The first-order valence-corrected chi connectivity index (χ1v) is 9.22. The van der Waals surface area contributed by atoms with Crippen molar-refractivity contribution in [3.8, 4) is 5.75 Å². The van der Waals surface area contributed by atoms with Gasteiger partial charge in [0.25, 0.3) is 0 Å². The number of para-hydroxylation sites is 1. The number of aryl methyl sites for hydroxylation is 1. The third kappa shape index (κ3) is 3.83. The van der Waals surface area contributed by atoms with Crippen molar-refractivity contribution in [2.24, 2.45) is 0 Å². The Hall–Kier alpha value is -2.18. The molecule has 128 valence electrons. The van der Waals surface area contributed by atoms with Gasteiger partial charge < -0.3 is 4.74 Å². The Labute approximate surface area is 142 Å². The smallest absolute Gasteiger partial charge is 0.343 e. The van der Waals surface area contributed by atoms with Crippen LogP contribution in [0.25, 0.3) is 0 Å². The van der Waals surface area contributed by atoms with E-state index in [-0.39, 0.29) is 10.5 Å². The maximum absolute atomic E-state index is 12.6. The van der Waals surface area contributed by atoms with E-state index in [0.29, 0.717) is 24.4 Å². The molecule has 0 aliphatic rings. The molecule has 2 rings (SSSR count). The van der Waals surface area contributed by atoms with Gasteiger partial charge in [-0.3, -0.25) is 0 Å². The normalized spacial score (nSPS) is 11.5. The molecule has 0 aliphatic carbocycles. The molecule has 6 heteroatoms. The van der Waals surface area contributed by atoms with Crippen molar-refractivity contribution in [1.29, 1.82) is 0 Å². The molecule has 2 aromatic carbocycles. The fourth-order valence-corrected chi connectivity index (χ4v) is 3.83. The number of carbonyl (C=O) groups excluding carboxylic acids is 1. The van der Waals surface area contributed by atoms with Crippen molar-refractivity contribution < 1.29 is 17.9 Å². The third-order valence-corrected chi connectivity index (χ3v) is 5.77. The SMILES string of the molecule is CCN(CC)S(=O)(=O)c1ccc(C)c(C(=O)Oc2ccccc2)c1. The molecule has 0 saturated carbocycles. The fourth-order valence-electron chi connectivity index (χ4n) is 2.34. The first kappa shape index (κ1) is 18.2. The van der Waals surface area contributed by atoms with Crippen LogP contribution in [0.2, 0.25) is 0 Å². The third-order valence-electron chi connectivity index (χ3n) is 3.73. The lowest BCUT2D eigenvalue weighted by Crippen LogP contribution is -2.30. The molecule has 0 amide bonds. The number of hydrogen-bond acceptors (Lipinski definition) is 4. The summed E-state index contributed by atoms with van der Waals surface area (Å²) in [6.07, 6.45) is 0. The van der Waals surface area contributed by atoms with E-state index in [1.807, 2.05) is 6.07 Å². The minimum absolute atomic E-state index is 0.0943. The lowest BCUT2D eigenvalue weighted by Gasteiger charge is -2.19. The van der Waals surface area contributed by atoms with Crippen molar-refractivity contribution in [3.63, 3.8) is 0 Å². The number of esters is 1. The molecular weight excluding hydrogens is 326 g/mol. The second-order valence-electron chi connectivity index (χ2n) is 5.27. The van der Waals surface area contributed by atoms with E-state index in [0.717, 1.165) is 0 Å². The summed E-state index contributed by atoms with van der Waals surface area (Å²) in [7, 11) is -3.62. The predicted octanol–water partition coefficient (Wildman–Crippen LogP) is 3.24. The molecular formula is C18H21NO4S. The molecule has 2 aromatic rings. The molecule has 0 heterocycles. The van der Waals surface area contributed by atoms with Gasteiger partial charge in [-0.25, -0.2) is 13.2 Å². The van der Waals surface area contributed by atoms with Crippen LogP contribution < -0.4 is 4.74 Å². The van der Waals surface area contributed by atoms with Gasteiger partial charge in [0.2, 0.25) is 10.0 Å². The summed E-state index contributed by atoms with van der Waals surface area (Å²) in [6.45, 7) is 6.04. The highest BCUT2D eigenvalue weighted by Crippen LogP contribution is 2.21. The Morgan fingerprint density at radius 3 is 2.25 bits per heavy atom. The van der Waals surface area contributed by atoms with Crippen LogP contribution in [-0.2, 0) is 10.0 Å². The molecule has 24 heavy (non-hydrogen) atoms. The average Bonchev–Trinajstić information content (AvgIpc) is 2.56. The lowest BCUT2D eigenvalue weighted by molar-refractivity contribution is 0.0733. The molecule has 0 radical (unpaired) electrons. The molecule has 0 atom stereocenters. The largest absolute Gasteiger partial charge is 0.423 e. The quantitative estimate of drug-likeness (QED) is 0.594. The van der Waals surface area contributed by atoms with Gasteiger partial charge in [0.15, 0.2) is 0 Å². The molecule has 0 spiro atoms. The standard InChI is InChI=1S/C18H21NO4S/c1-4-19(5-2)24(21,22)16-12-11-14(3)17(13-16)18(20)23-15-9-7-6-8-10-15/h6-13H,4-5H2,1-3H3. The van der Waals surface area contributed by atoms with Crippen LogP contribution in [0.3, 0.4) is 0 Å². The Balaban J connectivity index is 2.37. The van der Waals surface area contributed by atoms with Crippen molar-refractivity contribution in [2.75, 3.05) is 13.1 Å². The van der Waals surface area contributed by atoms with Crippen molar-refractivity contribution >= 4 is 16.0 Å². The average molecular weight is 347 g/mol. The molecule has 0 N–H and O–H groups in total. The fraction of sp³-hybridized carbons (Fsp3) is 0.278. The number of hydrogen-bond donors (Lipinski definition) is 0. The van der Waals surface area contributed by atoms with E-state index in [1.54, 1.807) is 51.1 Å². The van der Waals surface area contributed by atoms with Crippen molar-refractivity contribution in [2.45, 2.75) is 25.7 Å². The summed E-state index contributed by atoms with van der Waals surface area (Å²) in [6, 6.07) is 13.2. The molecule has 0 saturated heterocycles. The molecule has 0 aromatic heterocycles. The van der Waals surface area contributed by atoms with Gasteiger partial charge in [0, 0.05) is 13.1 Å². The number of ether oxygens (including phenoxy) is 1. The van der Waals surface area contributed by atoms with Gasteiger partial charge in [0.1, 0.15) is 5.75 Å². The summed E-state index contributed by atoms with van der Waals surface area (Å²) < 4.78 is 31.9. The van der Waals surface area contributed by atoms with E-state index in [9.17, 15) is 13.2 Å². The summed E-state index contributed by atoms with van der Waals surface area (Å²) in [5, 5.41) is 0. The summed E-state index contributed by atoms with van der Waals surface area (Å²) >= 11 is 0. The van der Waals surface area contributed by atoms with Crippen molar-refractivity contribution in [1.82, 2.24) is 4.31 Å². The number of carbonyl (C=O) groups is 1. The monoisotopic (exact) mass is 347 g/mol. The minimum atomic E-state index is -3.62. The van der Waals surface area contributed by atoms with Gasteiger partial charge in [-0.05, 0) is 36.8 Å². The van der Waals surface area contributed by atoms with Gasteiger partial charge >= 0.3 is 5.97 Å². The number of sulfonamides is 1. The highest BCUT2D eigenvalue weighted by Gasteiger charge is 2.24. The second-order valence-corrected chi connectivity index (χ2v) is 7.21. The molecule has 5 nitrogen and oxygen atoms in total. The molecule has 0 unspecified atom stereocenters. The van der Waals surface area contributed by atoms with E-state index in [2.05, 4.69) is 0 Å². The Bertz CT molecular complexity index is 812. The van der Waals surface area contributed by atoms with E-state index in [4.69, 9.17) is 4.74 Å². The maximum atomic E-state index is 12.6. The lowest BCUT2D eigenvalue weighted by atomic mass is 10.1. The van der Waals surface area contributed by atoms with Gasteiger partial charge in [-0.2, -0.15) is 4.31 Å². The first-order valence-electron chi connectivity index (χ1n) is 7.78. The van der Waals surface area contributed by atoms with Gasteiger partial charge in [-0.1, -0.05) is 38.1 Å². The van der Waals surface area contributed by atoms with Gasteiger partial charge in [0.05, 0.1) is 10.5 Å². The van der Waals surface area contributed by atoms with E-state index >= 15 is 0 Å². The number of benzene rings is 2. The van der Waals surface area contributed by atoms with Gasteiger partial charge in [-0.15, -0.1) is 0 Å². The number of nitrogens with zero attached hydrogens (tertiary/aromatic N) is 1. The predicted molar refractivity (Wildman–Crippen MR) is 92.7 cm³/mol. The topological polar surface area (TPSA) is 63.7 Å². The number of rotatable bonds is 6. The summed E-state index contributed by atoms with van der Waals surface area (Å²) in [5.41, 5.74) is 0.904. The second kappa shape index (κ2) is 7.59.